The smallest absolute Gasteiger partial charge is 0.0933 e. The molecule has 4 fully saturated rings. The Morgan fingerprint density at radius 3 is 1.82 bits per heavy atom. The van der Waals surface area contributed by atoms with Crippen LogP contribution >= 0.6 is 17.2 Å². The maximum absolute atomic E-state index is 4.87. The molecule has 0 aromatic carbocycles. The monoisotopic (exact) mass is 576 g/mol. The number of aromatic nitrogens is 4. The Morgan fingerprint density at radius 2 is 1.38 bits per heavy atom. The van der Waals surface area contributed by atoms with Gasteiger partial charge < -0.3 is 0 Å². The zero-order chi connectivity index (χ0) is 27.6. The molecule has 7 heteroatoms. The summed E-state index contributed by atoms with van der Waals surface area (Å²) in [5.41, 5.74) is 4.22. The van der Waals surface area contributed by atoms with Crippen molar-refractivity contribution in [3.63, 3.8) is 0 Å². The van der Waals surface area contributed by atoms with Crippen molar-refractivity contribution in [1.29, 1.82) is 0 Å². The molecule has 5 aliphatic rings. The van der Waals surface area contributed by atoms with Crippen molar-refractivity contribution >= 4 is 25.2 Å². The topological polar surface area (TPSA) is 51.6 Å². The van der Waals surface area contributed by atoms with E-state index in [-0.39, 0.29) is 7.92 Å². The third-order valence-electron chi connectivity index (χ3n) is 10.1. The van der Waals surface area contributed by atoms with Crippen LogP contribution in [-0.4, -0.2) is 45.0 Å². The number of allylic oxidation sites excluding steroid dienone is 4. The van der Waals surface area contributed by atoms with Crippen LogP contribution in [0.25, 0.3) is 0 Å². The van der Waals surface area contributed by atoms with Crippen LogP contribution in [0.2, 0.25) is 19.6 Å². The van der Waals surface area contributed by atoms with Crippen molar-refractivity contribution in [2.24, 2.45) is 29.6 Å². The molecule has 4 nitrogen and oxygen atoms in total. The predicted molar refractivity (Wildman–Crippen MR) is 170 cm³/mol. The third kappa shape index (κ3) is 5.15. The summed E-state index contributed by atoms with van der Waals surface area (Å²) in [6.07, 6.45) is 25.0. The van der Waals surface area contributed by atoms with Gasteiger partial charge in [-0.1, -0.05) is 65.7 Å². The van der Waals surface area contributed by atoms with E-state index in [1.54, 1.807) is 17.6 Å². The Hall–Kier alpha value is -1.28. The summed E-state index contributed by atoms with van der Waals surface area (Å²) in [6.45, 7) is 15.1. The molecule has 0 N–H and O–H groups in total. The lowest BCUT2D eigenvalue weighted by molar-refractivity contribution is 0.0242. The van der Waals surface area contributed by atoms with Gasteiger partial charge in [-0.15, -0.1) is 9.24 Å². The lowest BCUT2D eigenvalue weighted by Gasteiger charge is -2.59. The van der Waals surface area contributed by atoms with Crippen LogP contribution in [-0.2, 0) is 5.16 Å². The fourth-order valence-electron chi connectivity index (χ4n) is 8.55. The summed E-state index contributed by atoms with van der Waals surface area (Å²) in [6, 6.07) is 0. The van der Waals surface area contributed by atoms with Gasteiger partial charge in [-0.25, -0.2) is 0 Å². The Kier molecular flexibility index (Phi) is 7.30. The summed E-state index contributed by atoms with van der Waals surface area (Å²) < 4.78 is 0. The molecule has 2 heterocycles. The van der Waals surface area contributed by atoms with E-state index in [1.165, 1.54) is 43.8 Å². The minimum Gasteiger partial charge on any atom is -0.261 e. The highest BCUT2D eigenvalue weighted by atomic mass is 31.1. The zero-order valence-electron chi connectivity index (χ0n) is 24.6. The summed E-state index contributed by atoms with van der Waals surface area (Å²) in [7, 11) is 1.47. The second-order valence-corrected chi connectivity index (χ2v) is 24.0. The molecule has 0 radical (unpaired) electrons. The highest BCUT2D eigenvalue weighted by Gasteiger charge is 2.53. The van der Waals surface area contributed by atoms with E-state index in [1.807, 2.05) is 24.8 Å². The van der Waals surface area contributed by atoms with Crippen molar-refractivity contribution in [2.75, 3.05) is 6.16 Å². The Balaban J connectivity index is 1.43. The molecule has 208 valence electrons. The number of hydrogen-bond acceptors (Lipinski definition) is 4. The van der Waals surface area contributed by atoms with E-state index in [2.05, 4.69) is 71.8 Å². The number of nitrogens with zero attached hydrogens (tertiary/aromatic N) is 4. The van der Waals surface area contributed by atoms with E-state index >= 15 is 0 Å². The number of rotatable bonds is 7. The second kappa shape index (κ2) is 10.2. The van der Waals surface area contributed by atoms with Crippen molar-refractivity contribution < 1.29 is 0 Å². The van der Waals surface area contributed by atoms with Crippen molar-refractivity contribution in [3.05, 3.63) is 71.5 Å². The molecule has 3 unspecified atom stereocenters. The van der Waals surface area contributed by atoms with Gasteiger partial charge in [-0.3, -0.25) is 19.9 Å². The fraction of sp³-hybridized carbons (Fsp3) is 0.625. The van der Waals surface area contributed by atoms with Crippen LogP contribution < -0.4 is 0 Å². The first kappa shape index (κ1) is 27.9. The molecule has 0 aliphatic heterocycles. The minimum absolute atomic E-state index is 0.180. The van der Waals surface area contributed by atoms with Crippen molar-refractivity contribution in [3.8, 4) is 0 Å². The van der Waals surface area contributed by atoms with Gasteiger partial charge in [0.2, 0.25) is 0 Å². The van der Waals surface area contributed by atoms with E-state index in [0.29, 0.717) is 11.1 Å². The first-order valence-corrected chi connectivity index (χ1v) is 20.6. The summed E-state index contributed by atoms with van der Waals surface area (Å²) in [5, 5.41) is 1.35. The van der Waals surface area contributed by atoms with Gasteiger partial charge in [0, 0.05) is 30.7 Å². The Morgan fingerprint density at radius 1 is 0.846 bits per heavy atom. The van der Waals surface area contributed by atoms with Gasteiger partial charge in [0.05, 0.1) is 37.0 Å². The predicted octanol–water partition coefficient (Wildman–Crippen LogP) is 7.85. The highest BCUT2D eigenvalue weighted by Crippen LogP contribution is 2.68. The molecule has 4 saturated carbocycles. The van der Waals surface area contributed by atoms with Crippen LogP contribution in [0.1, 0.15) is 64.3 Å². The van der Waals surface area contributed by atoms with Gasteiger partial charge in [0.25, 0.3) is 0 Å². The molecular weight excluding hydrogens is 530 g/mol. The lowest BCUT2D eigenvalue weighted by atomic mass is 9.56. The largest absolute Gasteiger partial charge is 0.261 e. The van der Waals surface area contributed by atoms with Crippen molar-refractivity contribution in [1.82, 2.24) is 19.9 Å². The van der Waals surface area contributed by atoms with Gasteiger partial charge in [0.1, 0.15) is 0 Å². The zero-order valence-corrected chi connectivity index (χ0v) is 27.7. The van der Waals surface area contributed by atoms with E-state index in [0.717, 1.165) is 40.7 Å². The SMILES string of the molecule is CC(C)(C)P(CC1C=C([Si](C)(C)C)C=C1C(P)(c1cnccn1)c1cnccn1)C1C2CC3CC(C2)CC1C3. The normalized spacial score (nSPS) is 31.3. The molecule has 4 bridgehead atoms. The minimum atomic E-state index is -1.54. The molecule has 2 aromatic rings. The summed E-state index contributed by atoms with van der Waals surface area (Å²) >= 11 is 0. The summed E-state index contributed by atoms with van der Waals surface area (Å²) in [5.74, 6) is 4.35. The lowest BCUT2D eigenvalue weighted by Crippen LogP contribution is -2.49. The van der Waals surface area contributed by atoms with Crippen LogP contribution in [0.3, 0.4) is 0 Å². The van der Waals surface area contributed by atoms with Crippen molar-refractivity contribution in [2.45, 2.75) is 88.5 Å². The quantitative estimate of drug-likeness (QED) is 0.249. The van der Waals surface area contributed by atoms with E-state index < -0.39 is 13.2 Å². The summed E-state index contributed by atoms with van der Waals surface area (Å²) in [4.78, 5) is 18.8. The molecule has 2 aromatic heterocycles. The maximum atomic E-state index is 4.87. The van der Waals surface area contributed by atoms with Gasteiger partial charge >= 0.3 is 0 Å². The van der Waals surface area contributed by atoms with E-state index in [9.17, 15) is 0 Å². The Labute approximate surface area is 240 Å². The molecule has 0 spiro atoms. The van der Waals surface area contributed by atoms with Gasteiger partial charge in [-0.2, -0.15) is 0 Å². The maximum Gasteiger partial charge on any atom is 0.0933 e. The van der Waals surface area contributed by atoms with Crippen LogP contribution in [0, 0.1) is 29.6 Å². The molecule has 7 rings (SSSR count). The average molecular weight is 577 g/mol. The molecule has 0 amide bonds. The molecule has 39 heavy (non-hydrogen) atoms. The molecular formula is C32H46N4P2Si. The number of hydrogen-bond donors (Lipinski definition) is 0. The van der Waals surface area contributed by atoms with Gasteiger partial charge in [0.15, 0.2) is 0 Å². The second-order valence-electron chi connectivity index (χ2n) is 14.8. The van der Waals surface area contributed by atoms with Crippen LogP contribution in [0.15, 0.2) is 60.1 Å². The van der Waals surface area contributed by atoms with Gasteiger partial charge in [-0.05, 0) is 78.3 Å². The molecule has 5 aliphatic carbocycles. The third-order valence-corrected chi connectivity index (χ3v) is 17.2. The highest BCUT2D eigenvalue weighted by molar-refractivity contribution is 7.60. The first-order valence-electron chi connectivity index (χ1n) is 15.0. The fourth-order valence-corrected chi connectivity index (χ4v) is 14.3. The van der Waals surface area contributed by atoms with E-state index in [4.69, 9.17) is 9.97 Å². The molecule has 0 saturated heterocycles. The molecule has 3 atom stereocenters. The van der Waals surface area contributed by atoms with Crippen LogP contribution in [0.4, 0.5) is 0 Å². The Bertz CT molecular complexity index is 1180. The average Bonchev–Trinajstić information content (AvgIpc) is 3.33. The first-order chi connectivity index (χ1) is 18.4. The van der Waals surface area contributed by atoms with Crippen LogP contribution in [0.5, 0.6) is 0 Å². The standard InChI is InChI=1S/C32H46N4P2Si/c1-31(2,3)38(30-23-12-21-11-22(14-23)15-24(30)13-21)20-25-16-26(39(4,5)6)17-27(25)32(37,28-18-33-7-9-35-28)29-19-34-8-10-36-29/h7-10,16-19,21-25,30H,11-15,20,37H2,1-6H3.